The van der Waals surface area contributed by atoms with Crippen LogP contribution in [0.25, 0.3) is 0 Å². The lowest BCUT2D eigenvalue weighted by Gasteiger charge is -2.39. The van der Waals surface area contributed by atoms with Crippen LogP contribution in [-0.4, -0.2) is 30.3 Å². The summed E-state index contributed by atoms with van der Waals surface area (Å²) in [5.74, 6) is 1.94. The minimum atomic E-state index is 0.592. The van der Waals surface area contributed by atoms with Gasteiger partial charge in [-0.3, -0.25) is 4.90 Å². The summed E-state index contributed by atoms with van der Waals surface area (Å²) in [5.41, 5.74) is 7.49. The standard InChI is InChI=1S/C16H24N2S/c1-18(14-7-4-5-12(14)11-17)15-9-10-19-16-8-3-2-6-13(15)16/h2-3,6,8,12,14-15H,4-5,7,9-11,17H2,1H3. The molecule has 3 heteroatoms. The predicted molar refractivity (Wildman–Crippen MR) is 82.5 cm³/mol. The van der Waals surface area contributed by atoms with Crippen molar-refractivity contribution >= 4 is 11.8 Å². The van der Waals surface area contributed by atoms with Crippen LogP contribution in [0.3, 0.4) is 0 Å². The topological polar surface area (TPSA) is 29.3 Å². The molecular weight excluding hydrogens is 252 g/mol. The highest BCUT2D eigenvalue weighted by atomic mass is 32.2. The summed E-state index contributed by atoms with van der Waals surface area (Å²) >= 11 is 2.01. The summed E-state index contributed by atoms with van der Waals surface area (Å²) in [7, 11) is 2.32. The smallest absolute Gasteiger partial charge is 0.0367 e. The Balaban J connectivity index is 1.83. The van der Waals surface area contributed by atoms with Crippen LogP contribution in [0.1, 0.15) is 37.3 Å². The third-order valence-corrected chi connectivity index (χ3v) is 5.99. The van der Waals surface area contributed by atoms with Crippen molar-refractivity contribution in [2.75, 3.05) is 19.3 Å². The lowest BCUT2D eigenvalue weighted by molar-refractivity contribution is 0.136. The lowest BCUT2D eigenvalue weighted by atomic mass is 9.96. The van der Waals surface area contributed by atoms with E-state index in [0.29, 0.717) is 18.0 Å². The summed E-state index contributed by atoms with van der Waals surface area (Å²) in [4.78, 5) is 4.11. The van der Waals surface area contributed by atoms with E-state index in [1.165, 1.54) is 41.9 Å². The van der Waals surface area contributed by atoms with Crippen molar-refractivity contribution in [2.24, 2.45) is 11.7 Å². The van der Waals surface area contributed by atoms with Crippen LogP contribution in [0, 0.1) is 5.92 Å². The lowest BCUT2D eigenvalue weighted by Crippen LogP contribution is -2.40. The van der Waals surface area contributed by atoms with Crippen molar-refractivity contribution in [2.45, 2.75) is 42.7 Å². The fraction of sp³-hybridized carbons (Fsp3) is 0.625. The normalized spacial score (nSPS) is 30.6. The van der Waals surface area contributed by atoms with Gasteiger partial charge in [0.25, 0.3) is 0 Å². The number of fused-ring (bicyclic) bond motifs is 1. The first-order valence-corrected chi connectivity index (χ1v) is 8.43. The van der Waals surface area contributed by atoms with Gasteiger partial charge in [-0.2, -0.15) is 0 Å². The van der Waals surface area contributed by atoms with E-state index in [1.54, 1.807) is 0 Å². The molecule has 2 aliphatic rings. The second-order valence-corrected chi connectivity index (χ2v) is 6.99. The molecule has 3 atom stereocenters. The molecule has 1 saturated carbocycles. The monoisotopic (exact) mass is 276 g/mol. The Hall–Kier alpha value is -0.510. The van der Waals surface area contributed by atoms with Crippen LogP contribution in [-0.2, 0) is 0 Å². The van der Waals surface area contributed by atoms with Gasteiger partial charge in [0.1, 0.15) is 0 Å². The predicted octanol–water partition coefficient (Wildman–Crippen LogP) is 3.28. The number of hydrogen-bond donors (Lipinski definition) is 1. The van der Waals surface area contributed by atoms with Crippen molar-refractivity contribution in [3.8, 4) is 0 Å². The van der Waals surface area contributed by atoms with E-state index >= 15 is 0 Å². The van der Waals surface area contributed by atoms with Crippen LogP contribution < -0.4 is 5.73 Å². The molecule has 0 bridgehead atoms. The van der Waals surface area contributed by atoms with E-state index in [1.807, 2.05) is 11.8 Å². The van der Waals surface area contributed by atoms with Crippen LogP contribution in [0.5, 0.6) is 0 Å². The van der Waals surface area contributed by atoms with Crippen molar-refractivity contribution < 1.29 is 0 Å². The third-order valence-electron chi connectivity index (χ3n) is 4.86. The van der Waals surface area contributed by atoms with Gasteiger partial charge in [0.05, 0.1) is 0 Å². The van der Waals surface area contributed by atoms with Gasteiger partial charge in [0.15, 0.2) is 0 Å². The van der Waals surface area contributed by atoms with E-state index < -0.39 is 0 Å². The third kappa shape index (κ3) is 2.56. The average Bonchev–Trinajstić information content (AvgIpc) is 2.94. The summed E-state index contributed by atoms with van der Waals surface area (Å²) in [5, 5.41) is 0. The number of benzene rings is 1. The van der Waals surface area contributed by atoms with E-state index in [0.717, 1.165) is 6.54 Å². The highest BCUT2D eigenvalue weighted by Crippen LogP contribution is 2.42. The number of nitrogens with two attached hydrogens (primary N) is 1. The zero-order chi connectivity index (χ0) is 13.2. The molecular formula is C16H24N2S. The van der Waals surface area contributed by atoms with E-state index in [-0.39, 0.29) is 0 Å². The molecule has 3 rings (SSSR count). The van der Waals surface area contributed by atoms with E-state index in [2.05, 4.69) is 36.2 Å². The first-order valence-electron chi connectivity index (χ1n) is 7.45. The Bertz CT molecular complexity index is 435. The zero-order valence-corrected chi connectivity index (χ0v) is 12.5. The molecule has 0 spiro atoms. The Morgan fingerprint density at radius 1 is 1.26 bits per heavy atom. The highest BCUT2D eigenvalue weighted by Gasteiger charge is 2.34. The summed E-state index contributed by atoms with van der Waals surface area (Å²) in [6.45, 7) is 0.845. The molecule has 1 fully saturated rings. The van der Waals surface area contributed by atoms with Crippen LogP contribution in [0.2, 0.25) is 0 Å². The fourth-order valence-corrected chi connectivity index (χ4v) is 4.91. The molecule has 0 saturated heterocycles. The van der Waals surface area contributed by atoms with Gasteiger partial charge in [-0.15, -0.1) is 11.8 Å². The molecule has 0 aromatic heterocycles. The average molecular weight is 276 g/mol. The molecule has 1 aromatic rings. The summed E-state index contributed by atoms with van der Waals surface area (Å²) in [6.07, 6.45) is 5.25. The van der Waals surface area contributed by atoms with Crippen LogP contribution in [0.15, 0.2) is 29.2 Å². The second kappa shape index (κ2) is 5.86. The van der Waals surface area contributed by atoms with Gasteiger partial charge in [-0.25, -0.2) is 0 Å². The van der Waals surface area contributed by atoms with Crippen LogP contribution >= 0.6 is 11.8 Å². The molecule has 19 heavy (non-hydrogen) atoms. The highest BCUT2D eigenvalue weighted by molar-refractivity contribution is 7.99. The number of hydrogen-bond acceptors (Lipinski definition) is 3. The Morgan fingerprint density at radius 2 is 2.11 bits per heavy atom. The number of thioether (sulfide) groups is 1. The molecule has 1 aliphatic carbocycles. The number of rotatable bonds is 3. The van der Waals surface area contributed by atoms with Gasteiger partial charge in [0, 0.05) is 17.0 Å². The second-order valence-electron chi connectivity index (χ2n) is 5.85. The van der Waals surface area contributed by atoms with Crippen molar-refractivity contribution in [1.29, 1.82) is 0 Å². The number of nitrogens with zero attached hydrogens (tertiary/aromatic N) is 1. The van der Waals surface area contributed by atoms with Crippen molar-refractivity contribution in [1.82, 2.24) is 4.90 Å². The minimum Gasteiger partial charge on any atom is -0.330 e. The van der Waals surface area contributed by atoms with Crippen LogP contribution in [0.4, 0.5) is 0 Å². The molecule has 0 radical (unpaired) electrons. The maximum absolute atomic E-state index is 5.96. The Labute approximate surface area is 120 Å². The molecule has 1 aliphatic heterocycles. The molecule has 2 N–H and O–H groups in total. The van der Waals surface area contributed by atoms with Gasteiger partial charge in [0.2, 0.25) is 0 Å². The van der Waals surface area contributed by atoms with Gasteiger partial charge < -0.3 is 5.73 Å². The summed E-state index contributed by atoms with van der Waals surface area (Å²) in [6, 6.07) is 10.2. The Morgan fingerprint density at radius 3 is 2.95 bits per heavy atom. The van der Waals surface area contributed by atoms with Gasteiger partial charge in [-0.05, 0) is 56.2 Å². The largest absolute Gasteiger partial charge is 0.330 e. The minimum absolute atomic E-state index is 0.592. The molecule has 0 amide bonds. The Kier molecular flexibility index (Phi) is 4.15. The van der Waals surface area contributed by atoms with E-state index in [9.17, 15) is 0 Å². The quantitative estimate of drug-likeness (QED) is 0.918. The molecule has 1 heterocycles. The molecule has 1 aromatic carbocycles. The summed E-state index contributed by atoms with van der Waals surface area (Å²) < 4.78 is 0. The van der Waals surface area contributed by atoms with Gasteiger partial charge >= 0.3 is 0 Å². The maximum Gasteiger partial charge on any atom is 0.0367 e. The molecule has 3 unspecified atom stereocenters. The van der Waals surface area contributed by atoms with Crippen molar-refractivity contribution in [3.05, 3.63) is 29.8 Å². The van der Waals surface area contributed by atoms with Crippen molar-refractivity contribution in [3.63, 3.8) is 0 Å². The molecule has 2 nitrogen and oxygen atoms in total. The maximum atomic E-state index is 5.96. The van der Waals surface area contributed by atoms with Gasteiger partial charge in [-0.1, -0.05) is 24.6 Å². The van der Waals surface area contributed by atoms with E-state index in [4.69, 9.17) is 5.73 Å². The first kappa shape index (κ1) is 13.5. The first-order chi connectivity index (χ1) is 9.31. The zero-order valence-electron chi connectivity index (χ0n) is 11.7. The molecule has 104 valence electrons. The SMILES string of the molecule is CN(C1CCSc2ccccc21)C1CCCC1CN. The fourth-order valence-electron chi connectivity index (χ4n) is 3.81.